The van der Waals surface area contributed by atoms with E-state index in [1.165, 1.54) is 5.56 Å². The van der Waals surface area contributed by atoms with Gasteiger partial charge in [0.1, 0.15) is 5.84 Å². The van der Waals surface area contributed by atoms with Gasteiger partial charge in [0, 0.05) is 17.3 Å². The Morgan fingerprint density at radius 3 is 2.65 bits per heavy atom. The predicted octanol–water partition coefficient (Wildman–Crippen LogP) is 2.73. The summed E-state index contributed by atoms with van der Waals surface area (Å²) >= 11 is 0. The maximum absolute atomic E-state index is 12.2. The van der Waals surface area contributed by atoms with E-state index in [0.29, 0.717) is 17.9 Å². The van der Waals surface area contributed by atoms with Crippen molar-refractivity contribution < 1.29 is 8.42 Å². The lowest BCUT2D eigenvalue weighted by Gasteiger charge is -2.06. The van der Waals surface area contributed by atoms with E-state index in [2.05, 4.69) is 26.9 Å². The highest BCUT2D eigenvalue weighted by Crippen LogP contribution is 2.25. The van der Waals surface area contributed by atoms with Crippen molar-refractivity contribution in [1.29, 1.82) is 0 Å². The van der Waals surface area contributed by atoms with E-state index in [0.717, 1.165) is 5.56 Å². The highest BCUT2D eigenvalue weighted by molar-refractivity contribution is 7.90. The van der Waals surface area contributed by atoms with Gasteiger partial charge in [-0.2, -0.15) is 5.10 Å². The highest BCUT2D eigenvalue weighted by atomic mass is 32.2. The minimum absolute atomic E-state index is 0.219. The summed E-state index contributed by atoms with van der Waals surface area (Å²) in [5.74, 6) is 0.379. The monoisotopic (exact) mass is 366 g/mol. The first-order valence-electron chi connectivity index (χ1n) is 8.29. The number of fused-ring (bicyclic) bond motifs is 1. The van der Waals surface area contributed by atoms with Gasteiger partial charge in [0.15, 0.2) is 0 Å². The van der Waals surface area contributed by atoms with Crippen LogP contribution in [0.25, 0.3) is 0 Å². The summed E-state index contributed by atoms with van der Waals surface area (Å²) in [6, 6.07) is 16.7. The Morgan fingerprint density at radius 1 is 1.12 bits per heavy atom. The Morgan fingerprint density at radius 2 is 1.85 bits per heavy atom. The lowest BCUT2D eigenvalue weighted by molar-refractivity contribution is 0.595. The van der Waals surface area contributed by atoms with Gasteiger partial charge >= 0.3 is 0 Å². The molecule has 4 rings (SSSR count). The minimum Gasteiger partial charge on any atom is -0.268 e. The first-order chi connectivity index (χ1) is 12.5. The van der Waals surface area contributed by atoms with Gasteiger partial charge < -0.3 is 0 Å². The molecule has 1 aliphatic heterocycles. The van der Waals surface area contributed by atoms with E-state index in [4.69, 9.17) is 0 Å². The maximum Gasteiger partial charge on any atom is 0.263 e. The van der Waals surface area contributed by atoms with Crippen LogP contribution in [0.3, 0.4) is 0 Å². The zero-order valence-corrected chi connectivity index (χ0v) is 15.0. The van der Waals surface area contributed by atoms with E-state index >= 15 is 0 Å². The molecule has 26 heavy (non-hydrogen) atoms. The quantitative estimate of drug-likeness (QED) is 0.771. The summed E-state index contributed by atoms with van der Waals surface area (Å²) in [6.07, 6.45) is 3.71. The number of hydrogen-bond acceptors (Lipinski definition) is 4. The largest absolute Gasteiger partial charge is 0.268 e. The molecule has 0 aliphatic carbocycles. The van der Waals surface area contributed by atoms with Crippen LogP contribution in [0.1, 0.15) is 29.7 Å². The number of nitrogens with zero attached hydrogens (tertiary/aromatic N) is 3. The summed E-state index contributed by atoms with van der Waals surface area (Å²) in [4.78, 5) is 4.85. The summed E-state index contributed by atoms with van der Waals surface area (Å²) in [7, 11) is -3.52. The van der Waals surface area contributed by atoms with Gasteiger partial charge in [-0.05, 0) is 24.6 Å². The van der Waals surface area contributed by atoms with Crippen LogP contribution in [-0.4, -0.2) is 24.0 Å². The average molecular weight is 366 g/mol. The molecule has 1 unspecified atom stereocenters. The Balaban J connectivity index is 1.58. The molecule has 6 nitrogen and oxygen atoms in total. The lowest BCUT2D eigenvalue weighted by atomic mass is 10.1. The fourth-order valence-corrected chi connectivity index (χ4v) is 4.19. The van der Waals surface area contributed by atoms with Crippen molar-refractivity contribution in [3.63, 3.8) is 0 Å². The van der Waals surface area contributed by atoms with Crippen LogP contribution in [-0.2, 0) is 16.6 Å². The van der Waals surface area contributed by atoms with Crippen molar-refractivity contribution in [3.05, 3.63) is 83.7 Å². The first-order valence-corrected chi connectivity index (χ1v) is 9.77. The van der Waals surface area contributed by atoms with E-state index in [9.17, 15) is 8.42 Å². The molecule has 0 saturated carbocycles. The Bertz CT molecular complexity index is 1070. The van der Waals surface area contributed by atoms with Gasteiger partial charge in [-0.1, -0.05) is 42.5 Å². The molecular formula is C19H18N4O2S. The van der Waals surface area contributed by atoms with Gasteiger partial charge in [0.25, 0.3) is 10.0 Å². The normalized spacial score (nSPS) is 17.7. The highest BCUT2D eigenvalue weighted by Gasteiger charge is 2.30. The summed E-state index contributed by atoms with van der Waals surface area (Å²) in [6.45, 7) is 2.60. The fraction of sp³-hybridized carbons (Fsp3) is 0.158. The third-order valence-corrected chi connectivity index (χ3v) is 5.71. The standard InChI is InChI=1S/C19H18N4O2S/c1-14(16-11-20-23(13-16)12-15-7-3-2-4-8-15)21-19-17-9-5-6-10-18(17)26(24,25)22-19/h2-11,13-14H,12H2,1H3,(H,21,22). The molecule has 3 aromatic rings. The van der Waals surface area contributed by atoms with Crippen LogP contribution in [0.2, 0.25) is 0 Å². The van der Waals surface area contributed by atoms with Crippen molar-refractivity contribution in [2.45, 2.75) is 24.4 Å². The number of aliphatic imine (C=N–C) groups is 1. The molecule has 0 saturated heterocycles. The van der Waals surface area contributed by atoms with E-state index in [1.807, 2.05) is 36.0 Å². The van der Waals surface area contributed by atoms with Crippen molar-refractivity contribution in [2.75, 3.05) is 0 Å². The molecule has 0 radical (unpaired) electrons. The number of sulfonamides is 1. The van der Waals surface area contributed by atoms with Crippen LogP contribution < -0.4 is 4.72 Å². The molecule has 1 N–H and O–H groups in total. The van der Waals surface area contributed by atoms with Gasteiger partial charge in [0.05, 0.1) is 23.7 Å². The molecule has 7 heteroatoms. The van der Waals surface area contributed by atoms with Crippen LogP contribution in [0, 0.1) is 0 Å². The average Bonchev–Trinajstić information content (AvgIpc) is 3.19. The van der Waals surface area contributed by atoms with Crippen LogP contribution in [0.4, 0.5) is 0 Å². The molecule has 2 aromatic carbocycles. The van der Waals surface area contributed by atoms with Crippen LogP contribution >= 0.6 is 0 Å². The van der Waals surface area contributed by atoms with Gasteiger partial charge in [0.2, 0.25) is 0 Å². The van der Waals surface area contributed by atoms with Crippen LogP contribution in [0.5, 0.6) is 0 Å². The number of benzene rings is 2. The molecule has 2 heterocycles. The molecule has 0 fully saturated rings. The van der Waals surface area contributed by atoms with Crippen molar-refractivity contribution in [2.24, 2.45) is 4.99 Å². The van der Waals surface area contributed by atoms with E-state index in [1.54, 1.807) is 30.5 Å². The zero-order chi connectivity index (χ0) is 18.1. The fourth-order valence-electron chi connectivity index (χ4n) is 2.95. The molecule has 1 aliphatic rings. The Labute approximate surface area is 152 Å². The van der Waals surface area contributed by atoms with Crippen LogP contribution in [0.15, 0.2) is 76.9 Å². The second kappa shape index (κ2) is 6.42. The molecule has 132 valence electrons. The SMILES string of the molecule is CC(N=C1NS(=O)(=O)c2ccccc21)c1cnn(Cc2ccccc2)c1. The molecular weight excluding hydrogens is 348 g/mol. The van der Waals surface area contributed by atoms with Crippen molar-refractivity contribution in [1.82, 2.24) is 14.5 Å². The van der Waals surface area contributed by atoms with Gasteiger partial charge in [-0.25, -0.2) is 8.42 Å². The second-order valence-corrected chi connectivity index (χ2v) is 7.86. The molecule has 1 aromatic heterocycles. The number of rotatable bonds is 4. The summed E-state index contributed by atoms with van der Waals surface area (Å²) in [5, 5.41) is 4.39. The Hall–Kier alpha value is -2.93. The smallest absolute Gasteiger partial charge is 0.263 e. The van der Waals surface area contributed by atoms with Crippen molar-refractivity contribution in [3.8, 4) is 0 Å². The van der Waals surface area contributed by atoms with Gasteiger partial charge in [-0.15, -0.1) is 0 Å². The third-order valence-electron chi connectivity index (χ3n) is 4.31. The molecule has 0 spiro atoms. The molecule has 0 amide bonds. The molecule has 1 atom stereocenters. The minimum atomic E-state index is -3.52. The summed E-state index contributed by atoms with van der Waals surface area (Å²) in [5.41, 5.74) is 2.70. The zero-order valence-electron chi connectivity index (χ0n) is 14.2. The van der Waals surface area contributed by atoms with Gasteiger partial charge in [-0.3, -0.25) is 14.4 Å². The number of hydrogen-bond donors (Lipinski definition) is 1. The lowest BCUT2D eigenvalue weighted by Crippen LogP contribution is -2.22. The van der Waals surface area contributed by atoms with E-state index < -0.39 is 10.0 Å². The first kappa shape index (κ1) is 16.5. The maximum atomic E-state index is 12.2. The number of nitrogens with one attached hydrogen (secondary N) is 1. The third kappa shape index (κ3) is 3.13. The molecule has 0 bridgehead atoms. The van der Waals surface area contributed by atoms with E-state index in [-0.39, 0.29) is 10.9 Å². The number of amidine groups is 1. The predicted molar refractivity (Wildman–Crippen MR) is 99.5 cm³/mol. The second-order valence-electron chi connectivity index (χ2n) is 6.21. The van der Waals surface area contributed by atoms with Crippen molar-refractivity contribution >= 4 is 15.9 Å². The Kier molecular flexibility index (Phi) is 4.08. The summed E-state index contributed by atoms with van der Waals surface area (Å²) < 4.78 is 28.8. The number of aromatic nitrogens is 2. The topological polar surface area (TPSA) is 76.3 Å².